The molecule has 0 unspecified atom stereocenters. The quantitative estimate of drug-likeness (QED) is 0.797. The molecule has 1 N–H and O–H groups in total. The van der Waals surface area contributed by atoms with Gasteiger partial charge in [-0.3, -0.25) is 14.9 Å². The Bertz CT molecular complexity index is 362. The summed E-state index contributed by atoms with van der Waals surface area (Å²) in [6.07, 6.45) is 1.61. The van der Waals surface area contributed by atoms with Crippen LogP contribution in [0.25, 0.3) is 0 Å². The van der Waals surface area contributed by atoms with Gasteiger partial charge in [-0.15, -0.1) is 6.58 Å². The van der Waals surface area contributed by atoms with Crippen LogP contribution in [0.1, 0.15) is 10.4 Å². The maximum atomic E-state index is 11.4. The van der Waals surface area contributed by atoms with Gasteiger partial charge in [-0.25, -0.2) is 0 Å². The third-order valence-electron chi connectivity index (χ3n) is 1.58. The molecule has 2 amide bonds. The third-order valence-corrected chi connectivity index (χ3v) is 2.35. The van der Waals surface area contributed by atoms with Gasteiger partial charge in [-0.1, -0.05) is 36.0 Å². The van der Waals surface area contributed by atoms with Gasteiger partial charge in [0, 0.05) is 11.3 Å². The fraction of sp³-hybridized carbons (Fsp3) is 0.0909. The van der Waals surface area contributed by atoms with Crippen molar-refractivity contribution in [3.63, 3.8) is 0 Å². The lowest BCUT2D eigenvalue weighted by Gasteiger charge is -2.01. The van der Waals surface area contributed by atoms with Crippen molar-refractivity contribution >= 4 is 22.9 Å². The Morgan fingerprint density at radius 2 is 2.00 bits per heavy atom. The van der Waals surface area contributed by atoms with Crippen LogP contribution in [0, 0.1) is 0 Å². The van der Waals surface area contributed by atoms with Gasteiger partial charge >= 0.3 is 0 Å². The summed E-state index contributed by atoms with van der Waals surface area (Å²) in [7, 11) is 0. The molecule has 0 aliphatic carbocycles. The van der Waals surface area contributed by atoms with Gasteiger partial charge in [0.05, 0.1) is 0 Å². The van der Waals surface area contributed by atoms with Gasteiger partial charge < -0.3 is 0 Å². The van der Waals surface area contributed by atoms with Crippen molar-refractivity contribution in [2.75, 3.05) is 5.75 Å². The largest absolute Gasteiger partial charge is 0.286 e. The zero-order valence-electron chi connectivity index (χ0n) is 8.10. The summed E-state index contributed by atoms with van der Waals surface area (Å²) in [6, 6.07) is 8.61. The molecule has 0 saturated carbocycles. The van der Waals surface area contributed by atoms with Crippen molar-refractivity contribution in [1.29, 1.82) is 0 Å². The molecule has 0 spiro atoms. The first-order valence-corrected chi connectivity index (χ1v) is 5.36. The van der Waals surface area contributed by atoms with Crippen LogP contribution in [0.15, 0.2) is 43.0 Å². The fourth-order valence-electron chi connectivity index (χ4n) is 0.925. The van der Waals surface area contributed by atoms with Crippen LogP contribution in [0.5, 0.6) is 0 Å². The highest BCUT2D eigenvalue weighted by Gasteiger charge is 2.08. The minimum Gasteiger partial charge on any atom is -0.283 e. The number of hydrogen-bond acceptors (Lipinski definition) is 3. The third kappa shape index (κ3) is 3.99. The lowest BCUT2D eigenvalue weighted by atomic mass is 10.2. The van der Waals surface area contributed by atoms with Gasteiger partial charge in [-0.2, -0.15) is 0 Å². The molecule has 15 heavy (non-hydrogen) atoms. The molecule has 0 fully saturated rings. The molecule has 1 aromatic rings. The number of rotatable bonds is 3. The molecule has 0 aliphatic heterocycles. The summed E-state index contributed by atoms with van der Waals surface area (Å²) in [5.74, 6) is 0.116. The van der Waals surface area contributed by atoms with Crippen molar-refractivity contribution in [1.82, 2.24) is 5.32 Å². The van der Waals surface area contributed by atoms with Crippen molar-refractivity contribution in [2.24, 2.45) is 0 Å². The number of benzene rings is 1. The van der Waals surface area contributed by atoms with E-state index in [2.05, 4.69) is 11.9 Å². The Labute approximate surface area is 92.6 Å². The SMILES string of the molecule is C=CCSC(=O)NC(=O)c1ccccc1. The zero-order chi connectivity index (χ0) is 11.1. The first-order chi connectivity index (χ1) is 7.24. The number of carbonyl (C=O) groups excluding carboxylic acids is 2. The molecule has 78 valence electrons. The second-order valence-corrected chi connectivity index (χ2v) is 3.70. The van der Waals surface area contributed by atoms with E-state index in [-0.39, 0.29) is 11.1 Å². The molecule has 0 atom stereocenters. The first-order valence-electron chi connectivity index (χ1n) is 4.38. The number of hydrogen-bond donors (Lipinski definition) is 1. The monoisotopic (exact) mass is 221 g/mol. The molecule has 1 aromatic carbocycles. The number of imide groups is 1. The predicted molar refractivity (Wildman–Crippen MR) is 62.0 cm³/mol. The summed E-state index contributed by atoms with van der Waals surface area (Å²) in [6.45, 7) is 3.48. The molecular weight excluding hydrogens is 210 g/mol. The highest BCUT2D eigenvalue weighted by molar-refractivity contribution is 8.13. The van der Waals surface area contributed by atoms with E-state index in [1.807, 2.05) is 6.07 Å². The van der Waals surface area contributed by atoms with Crippen molar-refractivity contribution in [3.8, 4) is 0 Å². The van der Waals surface area contributed by atoms with E-state index in [1.54, 1.807) is 30.3 Å². The predicted octanol–water partition coefficient (Wildman–Crippen LogP) is 2.46. The average Bonchev–Trinajstić information content (AvgIpc) is 2.27. The molecule has 0 aliphatic rings. The van der Waals surface area contributed by atoms with Gasteiger partial charge in [0.15, 0.2) is 0 Å². The molecule has 0 heterocycles. The smallest absolute Gasteiger partial charge is 0.283 e. The van der Waals surface area contributed by atoms with Crippen LogP contribution in [0.2, 0.25) is 0 Å². The Hall–Kier alpha value is -1.55. The second-order valence-electron chi connectivity index (χ2n) is 2.71. The molecule has 0 saturated heterocycles. The van der Waals surface area contributed by atoms with E-state index in [0.717, 1.165) is 11.8 Å². The van der Waals surface area contributed by atoms with Crippen LogP contribution in [0.3, 0.4) is 0 Å². The number of thioether (sulfide) groups is 1. The Morgan fingerprint density at radius 3 is 2.60 bits per heavy atom. The number of amides is 2. The molecule has 4 heteroatoms. The van der Waals surface area contributed by atoms with Gasteiger partial charge in [0.1, 0.15) is 0 Å². The van der Waals surface area contributed by atoms with E-state index in [4.69, 9.17) is 0 Å². The normalized spacial score (nSPS) is 9.33. The highest BCUT2D eigenvalue weighted by atomic mass is 32.2. The summed E-state index contributed by atoms with van der Waals surface area (Å²) >= 11 is 1.01. The van der Waals surface area contributed by atoms with Crippen LogP contribution in [-0.4, -0.2) is 16.9 Å². The molecule has 0 aromatic heterocycles. The standard InChI is InChI=1S/C11H11NO2S/c1-2-8-15-11(14)12-10(13)9-6-4-3-5-7-9/h2-7H,1,8H2,(H,12,13,14). The number of carbonyl (C=O) groups is 2. The lowest BCUT2D eigenvalue weighted by Crippen LogP contribution is -2.27. The maximum Gasteiger partial charge on any atom is 0.286 e. The summed E-state index contributed by atoms with van der Waals surface area (Å²) < 4.78 is 0. The molecule has 3 nitrogen and oxygen atoms in total. The zero-order valence-corrected chi connectivity index (χ0v) is 8.92. The van der Waals surface area contributed by atoms with E-state index in [1.165, 1.54) is 0 Å². The minimum atomic E-state index is -0.378. The van der Waals surface area contributed by atoms with Crippen LogP contribution in [-0.2, 0) is 0 Å². The second kappa shape index (κ2) is 6.03. The molecule has 0 radical (unpaired) electrons. The molecule has 0 bridgehead atoms. The topological polar surface area (TPSA) is 46.2 Å². The van der Waals surface area contributed by atoms with Crippen molar-refractivity contribution in [2.45, 2.75) is 0 Å². The first kappa shape index (κ1) is 11.5. The Kier molecular flexibility index (Phi) is 4.63. The summed E-state index contributed by atoms with van der Waals surface area (Å²) in [4.78, 5) is 22.6. The van der Waals surface area contributed by atoms with E-state index >= 15 is 0 Å². The van der Waals surface area contributed by atoms with E-state index in [0.29, 0.717) is 11.3 Å². The van der Waals surface area contributed by atoms with Crippen LogP contribution < -0.4 is 5.32 Å². The van der Waals surface area contributed by atoms with E-state index < -0.39 is 0 Å². The maximum absolute atomic E-state index is 11.4. The summed E-state index contributed by atoms with van der Waals surface area (Å²) in [5.41, 5.74) is 0.477. The lowest BCUT2D eigenvalue weighted by molar-refractivity contribution is 0.0969. The molecule has 1 rings (SSSR count). The van der Waals surface area contributed by atoms with E-state index in [9.17, 15) is 9.59 Å². The average molecular weight is 221 g/mol. The van der Waals surface area contributed by atoms with Crippen LogP contribution in [0.4, 0.5) is 4.79 Å². The van der Waals surface area contributed by atoms with Crippen molar-refractivity contribution < 1.29 is 9.59 Å². The summed E-state index contributed by atoms with van der Waals surface area (Å²) in [5, 5.41) is 1.91. The Balaban J connectivity index is 2.49. The highest BCUT2D eigenvalue weighted by Crippen LogP contribution is 2.03. The minimum absolute atomic E-state index is 0.358. The van der Waals surface area contributed by atoms with Gasteiger partial charge in [-0.05, 0) is 12.1 Å². The Morgan fingerprint density at radius 1 is 1.33 bits per heavy atom. The van der Waals surface area contributed by atoms with Crippen molar-refractivity contribution in [3.05, 3.63) is 48.6 Å². The number of nitrogens with one attached hydrogen (secondary N) is 1. The van der Waals surface area contributed by atoms with Crippen LogP contribution >= 0.6 is 11.8 Å². The van der Waals surface area contributed by atoms with Gasteiger partial charge in [0.25, 0.3) is 11.1 Å². The van der Waals surface area contributed by atoms with Gasteiger partial charge in [0.2, 0.25) is 0 Å². The fourth-order valence-corrected chi connectivity index (χ4v) is 1.36. The molecular formula is C11H11NO2S.